The fourth-order valence-electron chi connectivity index (χ4n) is 5.27. The van der Waals surface area contributed by atoms with Crippen LogP contribution in [-0.4, -0.2) is 0 Å². The van der Waals surface area contributed by atoms with Gasteiger partial charge in [-0.1, -0.05) is 127 Å². The Hall–Kier alpha value is -4.66. The van der Waals surface area contributed by atoms with Crippen molar-refractivity contribution in [3.63, 3.8) is 0 Å². The number of anilines is 2. The van der Waals surface area contributed by atoms with Gasteiger partial charge in [-0.25, -0.2) is 0 Å². The molecule has 1 heterocycles. The van der Waals surface area contributed by atoms with Gasteiger partial charge in [0.1, 0.15) is 0 Å². The number of benzene rings is 6. The molecular formula is C36H25NS. The van der Waals surface area contributed by atoms with Gasteiger partial charge in [0, 0.05) is 21.2 Å². The Labute approximate surface area is 226 Å². The number of nitrogens with one attached hydrogen (secondary N) is 1. The van der Waals surface area contributed by atoms with E-state index in [2.05, 4.69) is 151 Å². The van der Waals surface area contributed by atoms with Gasteiger partial charge in [0.25, 0.3) is 0 Å². The Kier molecular flexibility index (Phi) is 5.73. The molecule has 180 valence electrons. The van der Waals surface area contributed by atoms with Crippen LogP contribution in [0.4, 0.5) is 11.4 Å². The lowest BCUT2D eigenvalue weighted by atomic mass is 9.94. The van der Waals surface area contributed by atoms with Crippen LogP contribution in [0.25, 0.3) is 53.6 Å². The highest BCUT2D eigenvalue weighted by molar-refractivity contribution is 7.27. The number of fused-ring (bicyclic) bond motifs is 3. The second-order valence-electron chi connectivity index (χ2n) is 9.45. The third kappa shape index (κ3) is 4.06. The van der Waals surface area contributed by atoms with E-state index in [1.165, 1.54) is 53.6 Å². The van der Waals surface area contributed by atoms with Gasteiger partial charge in [0.15, 0.2) is 0 Å². The quantitative estimate of drug-likeness (QED) is 0.246. The first-order chi connectivity index (χ1) is 18.8. The minimum absolute atomic E-state index is 1.08. The maximum Gasteiger partial charge on any atom is 0.0590 e. The van der Waals surface area contributed by atoms with E-state index in [0.717, 1.165) is 11.4 Å². The zero-order valence-electron chi connectivity index (χ0n) is 20.8. The summed E-state index contributed by atoms with van der Waals surface area (Å²) in [6.45, 7) is 0. The molecule has 6 aromatic carbocycles. The predicted molar refractivity (Wildman–Crippen MR) is 165 cm³/mol. The van der Waals surface area contributed by atoms with Crippen LogP contribution in [0.5, 0.6) is 0 Å². The molecule has 0 aliphatic rings. The van der Waals surface area contributed by atoms with Crippen LogP contribution in [0.3, 0.4) is 0 Å². The fourth-order valence-corrected chi connectivity index (χ4v) is 6.57. The molecule has 0 aliphatic carbocycles. The molecule has 0 amide bonds. The van der Waals surface area contributed by atoms with Crippen molar-refractivity contribution in [2.45, 2.75) is 0 Å². The number of rotatable bonds is 5. The van der Waals surface area contributed by atoms with E-state index in [-0.39, 0.29) is 0 Å². The van der Waals surface area contributed by atoms with Crippen LogP contribution in [0, 0.1) is 0 Å². The average Bonchev–Trinajstić information content (AvgIpc) is 3.38. The molecule has 0 unspecified atom stereocenters. The Morgan fingerprint density at radius 3 is 1.61 bits per heavy atom. The van der Waals surface area contributed by atoms with Crippen LogP contribution in [0.2, 0.25) is 0 Å². The molecule has 0 aliphatic heterocycles. The van der Waals surface area contributed by atoms with Gasteiger partial charge in [-0.05, 0) is 51.6 Å². The fraction of sp³-hybridized carbons (Fsp3) is 0. The minimum atomic E-state index is 1.08. The van der Waals surface area contributed by atoms with Gasteiger partial charge in [0.05, 0.1) is 10.4 Å². The highest BCUT2D eigenvalue weighted by Crippen LogP contribution is 2.43. The Bertz CT molecular complexity index is 1870. The molecule has 0 bridgehead atoms. The normalized spacial score (nSPS) is 11.2. The molecule has 1 nitrogen and oxygen atoms in total. The van der Waals surface area contributed by atoms with Gasteiger partial charge in [0.2, 0.25) is 0 Å². The maximum atomic E-state index is 3.77. The molecule has 7 rings (SSSR count). The maximum absolute atomic E-state index is 3.77. The van der Waals surface area contributed by atoms with Gasteiger partial charge in [-0.15, -0.1) is 11.3 Å². The molecule has 1 N–H and O–H groups in total. The molecule has 0 saturated heterocycles. The van der Waals surface area contributed by atoms with E-state index in [9.17, 15) is 0 Å². The first-order valence-corrected chi connectivity index (χ1v) is 13.7. The topological polar surface area (TPSA) is 12.0 Å². The lowest BCUT2D eigenvalue weighted by Gasteiger charge is -2.14. The molecule has 7 aromatic rings. The van der Waals surface area contributed by atoms with Crippen LogP contribution in [0.15, 0.2) is 146 Å². The molecule has 2 heteroatoms. The van der Waals surface area contributed by atoms with Gasteiger partial charge >= 0.3 is 0 Å². The summed E-state index contributed by atoms with van der Waals surface area (Å²) in [4.78, 5) is 0. The van der Waals surface area contributed by atoms with Crippen molar-refractivity contribution in [2.75, 3.05) is 5.32 Å². The Balaban J connectivity index is 1.35. The summed E-state index contributed by atoms with van der Waals surface area (Å²) in [5, 5.41) is 6.36. The molecular weight excluding hydrogens is 478 g/mol. The van der Waals surface area contributed by atoms with Gasteiger partial charge in [-0.2, -0.15) is 0 Å². The SMILES string of the molecule is c1ccc(-c2ccc(Nc3cccc4c3sc3c(-c5ccccc5)cccc34)cc2-c2ccccc2)cc1. The molecule has 38 heavy (non-hydrogen) atoms. The molecule has 1 aromatic heterocycles. The largest absolute Gasteiger partial charge is 0.354 e. The summed E-state index contributed by atoms with van der Waals surface area (Å²) >= 11 is 1.87. The zero-order valence-corrected chi connectivity index (χ0v) is 21.6. The van der Waals surface area contributed by atoms with Crippen molar-refractivity contribution < 1.29 is 0 Å². The number of hydrogen-bond acceptors (Lipinski definition) is 2. The third-order valence-corrected chi connectivity index (χ3v) is 8.37. The summed E-state index contributed by atoms with van der Waals surface area (Å²) in [6.07, 6.45) is 0. The van der Waals surface area contributed by atoms with Crippen molar-refractivity contribution >= 4 is 42.9 Å². The van der Waals surface area contributed by atoms with Crippen molar-refractivity contribution in [3.05, 3.63) is 146 Å². The Morgan fingerprint density at radius 2 is 0.947 bits per heavy atom. The summed E-state index contributed by atoms with van der Waals surface area (Å²) in [5.41, 5.74) is 9.63. The van der Waals surface area contributed by atoms with Gasteiger partial charge < -0.3 is 5.32 Å². The van der Waals surface area contributed by atoms with E-state index < -0.39 is 0 Å². The first-order valence-electron chi connectivity index (χ1n) is 12.9. The monoisotopic (exact) mass is 503 g/mol. The molecule has 0 atom stereocenters. The minimum Gasteiger partial charge on any atom is -0.354 e. The van der Waals surface area contributed by atoms with Crippen molar-refractivity contribution in [3.8, 4) is 33.4 Å². The predicted octanol–water partition coefficient (Wildman–Crippen LogP) is 10.8. The van der Waals surface area contributed by atoms with E-state index in [1.54, 1.807) is 0 Å². The Morgan fingerprint density at radius 1 is 0.395 bits per heavy atom. The van der Waals surface area contributed by atoms with E-state index in [1.807, 2.05) is 11.3 Å². The van der Waals surface area contributed by atoms with Crippen LogP contribution < -0.4 is 5.32 Å². The molecule has 0 saturated carbocycles. The first kappa shape index (κ1) is 22.5. The van der Waals surface area contributed by atoms with Crippen molar-refractivity contribution in [1.29, 1.82) is 0 Å². The van der Waals surface area contributed by atoms with Crippen molar-refractivity contribution in [1.82, 2.24) is 0 Å². The molecule has 0 fully saturated rings. The molecule has 0 spiro atoms. The zero-order chi connectivity index (χ0) is 25.3. The van der Waals surface area contributed by atoms with Gasteiger partial charge in [-0.3, -0.25) is 0 Å². The van der Waals surface area contributed by atoms with Crippen LogP contribution in [0.1, 0.15) is 0 Å². The summed E-state index contributed by atoms with van der Waals surface area (Å²) in [7, 11) is 0. The standard InChI is InChI=1S/C36H25NS/c1-4-12-25(13-5-1)29-23-22-28(24-33(29)27-16-8-3-9-17-27)37-34-21-11-20-32-31-19-10-18-30(35(31)38-36(32)34)26-14-6-2-7-15-26/h1-24,37H. The molecule has 0 radical (unpaired) electrons. The smallest absolute Gasteiger partial charge is 0.0590 e. The summed E-state index contributed by atoms with van der Waals surface area (Å²) < 4.78 is 2.60. The van der Waals surface area contributed by atoms with Crippen molar-refractivity contribution in [2.24, 2.45) is 0 Å². The summed E-state index contributed by atoms with van der Waals surface area (Å²) in [6, 6.07) is 51.9. The number of thiophene rings is 1. The van der Waals surface area contributed by atoms with Crippen LogP contribution in [-0.2, 0) is 0 Å². The second kappa shape index (κ2) is 9.66. The van der Waals surface area contributed by atoms with E-state index >= 15 is 0 Å². The highest BCUT2D eigenvalue weighted by Gasteiger charge is 2.14. The van der Waals surface area contributed by atoms with E-state index in [4.69, 9.17) is 0 Å². The number of hydrogen-bond donors (Lipinski definition) is 1. The highest BCUT2D eigenvalue weighted by atomic mass is 32.1. The van der Waals surface area contributed by atoms with E-state index in [0.29, 0.717) is 0 Å². The van der Waals surface area contributed by atoms with Crippen LogP contribution >= 0.6 is 11.3 Å². The lowest BCUT2D eigenvalue weighted by Crippen LogP contribution is -1.93. The third-order valence-electron chi connectivity index (χ3n) is 7.08. The average molecular weight is 504 g/mol. The lowest BCUT2D eigenvalue weighted by molar-refractivity contribution is 1.55. The second-order valence-corrected chi connectivity index (χ2v) is 10.5. The summed E-state index contributed by atoms with van der Waals surface area (Å²) in [5.74, 6) is 0.